The van der Waals surface area contributed by atoms with Crippen LogP contribution in [-0.2, 0) is 4.79 Å². The first-order valence-corrected chi connectivity index (χ1v) is 5.03. The number of nitrogens with zero attached hydrogens (tertiary/aromatic N) is 1. The highest BCUT2D eigenvalue weighted by atomic mass is 35.5. The monoisotopic (exact) mass is 220 g/mol. The van der Waals surface area contributed by atoms with Crippen molar-refractivity contribution in [3.05, 3.63) is 0 Å². The van der Waals surface area contributed by atoms with Crippen LogP contribution in [-0.4, -0.2) is 47.0 Å². The van der Waals surface area contributed by atoms with E-state index in [1.54, 1.807) is 0 Å². The molecule has 1 aliphatic rings. The van der Waals surface area contributed by atoms with E-state index in [-0.39, 0.29) is 6.03 Å². The Balaban J connectivity index is 2.49. The van der Waals surface area contributed by atoms with E-state index in [0.29, 0.717) is 25.4 Å². The van der Waals surface area contributed by atoms with Gasteiger partial charge in [0, 0.05) is 19.0 Å². The predicted molar refractivity (Wildman–Crippen MR) is 51.5 cm³/mol. The molecule has 0 aromatic rings. The molecule has 1 rings (SSSR count). The first-order chi connectivity index (χ1) is 6.66. The van der Waals surface area contributed by atoms with Crippen LogP contribution in [0.4, 0.5) is 4.79 Å². The maximum Gasteiger partial charge on any atom is 0.326 e. The van der Waals surface area contributed by atoms with Crippen LogP contribution in [0.15, 0.2) is 0 Å². The van der Waals surface area contributed by atoms with Gasteiger partial charge in [0.2, 0.25) is 0 Å². The summed E-state index contributed by atoms with van der Waals surface area (Å²) in [5.74, 6) is -0.611. The summed E-state index contributed by atoms with van der Waals surface area (Å²) in [6.45, 7) is 0.869. The number of amides is 2. The van der Waals surface area contributed by atoms with Crippen LogP contribution in [0.1, 0.15) is 12.8 Å². The summed E-state index contributed by atoms with van der Waals surface area (Å²) in [6, 6.07) is -1.01. The van der Waals surface area contributed by atoms with Gasteiger partial charge < -0.3 is 15.3 Å². The molecule has 1 fully saturated rings. The zero-order chi connectivity index (χ0) is 10.6. The van der Waals surface area contributed by atoms with E-state index in [9.17, 15) is 9.59 Å². The molecule has 0 radical (unpaired) electrons. The molecule has 1 aliphatic heterocycles. The lowest BCUT2D eigenvalue weighted by molar-refractivity contribution is -0.141. The van der Waals surface area contributed by atoms with Crippen molar-refractivity contribution in [1.82, 2.24) is 10.2 Å². The normalized spacial score (nSPS) is 20.9. The van der Waals surface area contributed by atoms with Crippen LogP contribution < -0.4 is 5.32 Å². The SMILES string of the molecule is O=C(O)C1CCCN1C(=O)NCCCl. The molecule has 0 spiro atoms. The number of nitrogens with one attached hydrogen (secondary N) is 1. The first kappa shape index (κ1) is 11.1. The minimum atomic E-state index is -0.941. The average Bonchev–Trinajstić information content (AvgIpc) is 2.62. The summed E-state index contributed by atoms with van der Waals surface area (Å²) in [6.07, 6.45) is 1.27. The third kappa shape index (κ3) is 2.51. The van der Waals surface area contributed by atoms with E-state index >= 15 is 0 Å². The molecule has 0 saturated carbocycles. The number of halogens is 1. The van der Waals surface area contributed by atoms with Crippen LogP contribution in [0.25, 0.3) is 0 Å². The molecule has 1 unspecified atom stereocenters. The Kier molecular flexibility index (Phi) is 4.00. The second-order valence-electron chi connectivity index (χ2n) is 3.11. The fraction of sp³-hybridized carbons (Fsp3) is 0.750. The van der Waals surface area contributed by atoms with Gasteiger partial charge in [-0.15, -0.1) is 11.6 Å². The summed E-state index contributed by atoms with van der Waals surface area (Å²) in [7, 11) is 0. The van der Waals surface area contributed by atoms with Crippen LogP contribution >= 0.6 is 11.6 Å². The van der Waals surface area contributed by atoms with Crippen LogP contribution in [0, 0.1) is 0 Å². The Morgan fingerprint density at radius 1 is 1.57 bits per heavy atom. The third-order valence-electron chi connectivity index (χ3n) is 2.17. The van der Waals surface area contributed by atoms with Crippen molar-refractivity contribution in [3.8, 4) is 0 Å². The van der Waals surface area contributed by atoms with Crippen molar-refractivity contribution in [1.29, 1.82) is 0 Å². The summed E-state index contributed by atoms with van der Waals surface area (Å²) >= 11 is 5.40. The molecule has 5 nitrogen and oxygen atoms in total. The third-order valence-corrected chi connectivity index (χ3v) is 2.36. The van der Waals surface area contributed by atoms with Gasteiger partial charge in [-0.1, -0.05) is 0 Å². The van der Waals surface area contributed by atoms with Gasteiger partial charge in [0.15, 0.2) is 0 Å². The Bertz CT molecular complexity index is 235. The van der Waals surface area contributed by atoms with Gasteiger partial charge in [-0.25, -0.2) is 9.59 Å². The number of carbonyl (C=O) groups is 2. The fourth-order valence-electron chi connectivity index (χ4n) is 1.52. The van der Waals surface area contributed by atoms with Crippen molar-refractivity contribution in [2.75, 3.05) is 19.0 Å². The number of hydrogen-bond donors (Lipinski definition) is 2. The molecular weight excluding hydrogens is 208 g/mol. The lowest BCUT2D eigenvalue weighted by Gasteiger charge is -2.21. The highest BCUT2D eigenvalue weighted by Gasteiger charge is 2.33. The predicted octanol–water partition coefficient (Wildman–Crippen LogP) is 0.484. The van der Waals surface area contributed by atoms with Crippen molar-refractivity contribution >= 4 is 23.6 Å². The molecule has 2 amide bonds. The molecule has 1 saturated heterocycles. The van der Waals surface area contributed by atoms with Gasteiger partial charge in [-0.2, -0.15) is 0 Å². The fourth-order valence-corrected chi connectivity index (χ4v) is 1.62. The van der Waals surface area contributed by atoms with Gasteiger partial charge >= 0.3 is 12.0 Å². The van der Waals surface area contributed by atoms with E-state index in [1.807, 2.05) is 0 Å². The summed E-state index contributed by atoms with van der Waals surface area (Å²) < 4.78 is 0. The number of alkyl halides is 1. The summed E-state index contributed by atoms with van der Waals surface area (Å²) in [4.78, 5) is 23.5. The standard InChI is InChI=1S/C8H13ClN2O3/c9-3-4-10-8(14)11-5-1-2-6(11)7(12)13/h6H,1-5H2,(H,10,14)(H,12,13). The molecule has 2 N–H and O–H groups in total. The van der Waals surface area contributed by atoms with Crippen LogP contribution in [0.5, 0.6) is 0 Å². The van der Waals surface area contributed by atoms with Crippen LogP contribution in [0.3, 0.4) is 0 Å². The average molecular weight is 221 g/mol. The van der Waals surface area contributed by atoms with Gasteiger partial charge in [-0.05, 0) is 12.8 Å². The van der Waals surface area contributed by atoms with Crippen molar-refractivity contribution in [2.45, 2.75) is 18.9 Å². The largest absolute Gasteiger partial charge is 0.480 e. The minimum absolute atomic E-state index is 0.331. The molecule has 0 bridgehead atoms. The number of carbonyl (C=O) groups excluding carboxylic acids is 1. The summed E-state index contributed by atoms with van der Waals surface area (Å²) in [5.41, 5.74) is 0. The van der Waals surface area contributed by atoms with Gasteiger partial charge in [0.05, 0.1) is 0 Å². The zero-order valence-electron chi connectivity index (χ0n) is 7.70. The minimum Gasteiger partial charge on any atom is -0.480 e. The van der Waals surface area contributed by atoms with Gasteiger partial charge in [0.25, 0.3) is 0 Å². The number of aliphatic carboxylic acids is 1. The van der Waals surface area contributed by atoms with Crippen LogP contribution in [0.2, 0.25) is 0 Å². The second-order valence-corrected chi connectivity index (χ2v) is 3.49. The number of rotatable bonds is 3. The van der Waals surface area contributed by atoms with E-state index in [0.717, 1.165) is 6.42 Å². The quantitative estimate of drug-likeness (QED) is 0.680. The maximum atomic E-state index is 11.4. The second kappa shape index (κ2) is 5.05. The van der Waals surface area contributed by atoms with Crippen molar-refractivity contribution in [3.63, 3.8) is 0 Å². The molecule has 0 aromatic carbocycles. The highest BCUT2D eigenvalue weighted by molar-refractivity contribution is 6.18. The Morgan fingerprint density at radius 2 is 2.29 bits per heavy atom. The number of hydrogen-bond acceptors (Lipinski definition) is 2. The summed E-state index contributed by atoms with van der Waals surface area (Å²) in [5, 5.41) is 11.4. The molecule has 80 valence electrons. The maximum absolute atomic E-state index is 11.4. The topological polar surface area (TPSA) is 69.6 Å². The highest BCUT2D eigenvalue weighted by Crippen LogP contribution is 2.16. The van der Waals surface area contributed by atoms with Gasteiger partial charge in [-0.3, -0.25) is 0 Å². The van der Waals surface area contributed by atoms with E-state index in [2.05, 4.69) is 5.32 Å². The number of carboxylic acid groups (broad SMARTS) is 1. The molecule has 0 aliphatic carbocycles. The van der Waals surface area contributed by atoms with Crippen molar-refractivity contribution < 1.29 is 14.7 Å². The lowest BCUT2D eigenvalue weighted by atomic mass is 10.2. The first-order valence-electron chi connectivity index (χ1n) is 4.50. The Labute approximate surface area is 87.0 Å². The van der Waals surface area contributed by atoms with Gasteiger partial charge in [0.1, 0.15) is 6.04 Å². The lowest BCUT2D eigenvalue weighted by Crippen LogP contribution is -2.46. The molecule has 6 heteroatoms. The number of likely N-dealkylation sites (tertiary alicyclic amines) is 1. The van der Waals surface area contributed by atoms with E-state index in [4.69, 9.17) is 16.7 Å². The number of carboxylic acids is 1. The van der Waals surface area contributed by atoms with Crippen molar-refractivity contribution in [2.24, 2.45) is 0 Å². The molecule has 1 atom stereocenters. The van der Waals surface area contributed by atoms with E-state index in [1.165, 1.54) is 4.90 Å². The molecule has 0 aromatic heterocycles. The number of urea groups is 1. The Morgan fingerprint density at radius 3 is 2.86 bits per heavy atom. The smallest absolute Gasteiger partial charge is 0.326 e. The molecule has 1 heterocycles. The molecular formula is C8H13ClN2O3. The Hall–Kier alpha value is -0.970. The molecule has 14 heavy (non-hydrogen) atoms. The van der Waals surface area contributed by atoms with E-state index < -0.39 is 12.0 Å². The zero-order valence-corrected chi connectivity index (χ0v) is 8.46.